The van der Waals surface area contributed by atoms with Crippen molar-refractivity contribution in [2.24, 2.45) is 0 Å². The van der Waals surface area contributed by atoms with Gasteiger partial charge >= 0.3 is 0 Å². The summed E-state index contributed by atoms with van der Waals surface area (Å²) in [6, 6.07) is 6.46. The predicted molar refractivity (Wildman–Crippen MR) is 75.3 cm³/mol. The van der Waals surface area contributed by atoms with Crippen molar-refractivity contribution < 1.29 is 5.11 Å². The zero-order valence-electron chi connectivity index (χ0n) is 10.5. The van der Waals surface area contributed by atoms with Crippen LogP contribution in [0.3, 0.4) is 0 Å². The summed E-state index contributed by atoms with van der Waals surface area (Å²) in [4.78, 5) is 0. The highest BCUT2D eigenvalue weighted by Crippen LogP contribution is 2.48. The van der Waals surface area contributed by atoms with Gasteiger partial charge in [-0.3, -0.25) is 0 Å². The molecule has 0 saturated carbocycles. The summed E-state index contributed by atoms with van der Waals surface area (Å²) in [7, 11) is 0.893. The maximum atomic E-state index is 8.81. The van der Waals surface area contributed by atoms with Gasteiger partial charge in [-0.05, 0) is 23.9 Å². The topological polar surface area (TPSA) is 44.3 Å². The third kappa shape index (κ3) is 2.47. The highest BCUT2D eigenvalue weighted by molar-refractivity contribution is 7.38. The summed E-state index contributed by atoms with van der Waals surface area (Å²) in [6.45, 7) is 7.33. The van der Waals surface area contributed by atoms with E-state index in [0.717, 1.165) is 21.7 Å². The van der Waals surface area contributed by atoms with E-state index in [1.54, 1.807) is 0 Å². The van der Waals surface area contributed by atoms with Gasteiger partial charge in [-0.1, -0.05) is 19.1 Å². The number of anilines is 1. The number of aliphatic hydroxyl groups excluding tert-OH is 1. The van der Waals surface area contributed by atoms with Gasteiger partial charge in [-0.25, -0.2) is 0 Å². The van der Waals surface area contributed by atoms with Gasteiger partial charge < -0.3 is 15.7 Å². The summed E-state index contributed by atoms with van der Waals surface area (Å²) >= 11 is 0. The van der Waals surface area contributed by atoms with Crippen LogP contribution in [-0.4, -0.2) is 31.5 Å². The van der Waals surface area contributed by atoms with Crippen LogP contribution in [-0.2, 0) is 11.7 Å². The van der Waals surface area contributed by atoms with Gasteiger partial charge in [0.05, 0.1) is 6.61 Å². The first kappa shape index (κ1) is 12.8. The molecule has 0 amide bonds. The third-order valence-corrected chi connectivity index (χ3v) is 5.02. The number of hydrogen-bond acceptors (Lipinski definition) is 3. The highest BCUT2D eigenvalue weighted by atomic mass is 31.1. The molecular weight excluding hydrogens is 231 g/mol. The van der Waals surface area contributed by atoms with Crippen LogP contribution < -0.4 is 10.6 Å². The maximum Gasteiger partial charge on any atom is 0.0556 e. The molecule has 1 aliphatic rings. The first-order valence-electron chi connectivity index (χ1n) is 6.08. The molecule has 1 heterocycles. The number of aliphatic hydroxyl groups is 1. The third-order valence-electron chi connectivity index (χ3n) is 3.49. The van der Waals surface area contributed by atoms with Crippen molar-refractivity contribution >= 4 is 14.3 Å². The van der Waals surface area contributed by atoms with Crippen molar-refractivity contribution in [3.63, 3.8) is 0 Å². The second-order valence-corrected chi connectivity index (χ2v) is 6.28. The molecule has 0 spiro atoms. The molecule has 0 bridgehead atoms. The molecule has 17 heavy (non-hydrogen) atoms. The van der Waals surface area contributed by atoms with E-state index in [4.69, 9.17) is 5.11 Å². The smallest absolute Gasteiger partial charge is 0.0556 e. The minimum absolute atomic E-state index is 0.195. The standard InChI is InChI=1S/C13H21N2OP/c1-13(17-2)9-15-11-5-3-4-10(12(11)13)8-14-6-7-16/h3-5,14-17H,6-9H2,1-2H3. The first-order chi connectivity index (χ1) is 8.21. The molecule has 2 atom stereocenters. The van der Waals surface area contributed by atoms with E-state index >= 15 is 0 Å². The number of fused-ring (bicyclic) bond motifs is 1. The summed E-state index contributed by atoms with van der Waals surface area (Å²) in [5.41, 5.74) is 4.11. The van der Waals surface area contributed by atoms with Crippen LogP contribution in [0.5, 0.6) is 0 Å². The van der Waals surface area contributed by atoms with Gasteiger partial charge in [0, 0.05) is 30.5 Å². The van der Waals surface area contributed by atoms with Crippen LogP contribution in [0.25, 0.3) is 0 Å². The first-order valence-corrected chi connectivity index (χ1v) is 7.58. The summed E-state index contributed by atoms with van der Waals surface area (Å²) in [5.74, 6) is 0. The van der Waals surface area contributed by atoms with Crippen LogP contribution in [0, 0.1) is 0 Å². The van der Waals surface area contributed by atoms with E-state index in [0.29, 0.717) is 6.54 Å². The number of benzene rings is 1. The van der Waals surface area contributed by atoms with E-state index in [2.05, 4.69) is 42.4 Å². The summed E-state index contributed by atoms with van der Waals surface area (Å²) in [6.07, 6.45) is 0. The molecule has 0 fully saturated rings. The van der Waals surface area contributed by atoms with Gasteiger partial charge in [0.1, 0.15) is 0 Å². The Morgan fingerprint density at radius 2 is 2.35 bits per heavy atom. The maximum absolute atomic E-state index is 8.81. The lowest BCUT2D eigenvalue weighted by molar-refractivity contribution is 0.292. The van der Waals surface area contributed by atoms with Gasteiger partial charge in [0.25, 0.3) is 0 Å². The molecule has 3 N–H and O–H groups in total. The van der Waals surface area contributed by atoms with Gasteiger partial charge in [0.2, 0.25) is 0 Å². The fourth-order valence-electron chi connectivity index (χ4n) is 2.42. The zero-order chi connectivity index (χ0) is 12.3. The Bertz CT molecular complexity index is 397. The molecule has 4 heteroatoms. The van der Waals surface area contributed by atoms with Crippen LogP contribution in [0.2, 0.25) is 0 Å². The molecule has 3 nitrogen and oxygen atoms in total. The molecule has 1 aromatic carbocycles. The van der Waals surface area contributed by atoms with Crippen molar-refractivity contribution in [1.82, 2.24) is 5.32 Å². The Kier molecular flexibility index (Phi) is 4.03. The van der Waals surface area contributed by atoms with Crippen molar-refractivity contribution in [1.29, 1.82) is 0 Å². The van der Waals surface area contributed by atoms with Crippen molar-refractivity contribution in [3.8, 4) is 0 Å². The summed E-state index contributed by atoms with van der Waals surface area (Å²) in [5, 5.41) is 15.9. The normalized spacial score (nSPS) is 23.0. The van der Waals surface area contributed by atoms with Gasteiger partial charge in [-0.2, -0.15) is 0 Å². The van der Waals surface area contributed by atoms with Crippen molar-refractivity contribution in [2.75, 3.05) is 31.7 Å². The van der Waals surface area contributed by atoms with E-state index in [9.17, 15) is 0 Å². The quantitative estimate of drug-likeness (QED) is 0.552. The predicted octanol–water partition coefficient (Wildman–Crippen LogP) is 1.72. The molecule has 1 aliphatic heterocycles. The SMILES string of the molecule is CPC1(C)CNc2cccc(CNCCO)c21. The van der Waals surface area contributed by atoms with Crippen LogP contribution in [0.1, 0.15) is 18.1 Å². The monoisotopic (exact) mass is 252 g/mol. The molecule has 1 aromatic rings. The largest absolute Gasteiger partial charge is 0.395 e. The van der Waals surface area contributed by atoms with E-state index < -0.39 is 0 Å². The van der Waals surface area contributed by atoms with Gasteiger partial charge in [0.15, 0.2) is 0 Å². The van der Waals surface area contributed by atoms with Crippen molar-refractivity contribution in [2.45, 2.75) is 18.6 Å². The summed E-state index contributed by atoms with van der Waals surface area (Å²) < 4.78 is 0. The Morgan fingerprint density at radius 1 is 1.53 bits per heavy atom. The molecule has 2 rings (SSSR count). The molecule has 2 unspecified atom stereocenters. The molecule has 0 aliphatic carbocycles. The minimum Gasteiger partial charge on any atom is -0.395 e. The average Bonchev–Trinajstić information content (AvgIpc) is 2.70. The van der Waals surface area contributed by atoms with Crippen LogP contribution >= 0.6 is 8.58 Å². The van der Waals surface area contributed by atoms with E-state index in [1.807, 2.05) is 0 Å². The van der Waals surface area contributed by atoms with E-state index in [-0.39, 0.29) is 11.8 Å². The van der Waals surface area contributed by atoms with Crippen LogP contribution in [0.4, 0.5) is 5.69 Å². The number of nitrogens with one attached hydrogen (secondary N) is 2. The Labute approximate surface area is 105 Å². The van der Waals surface area contributed by atoms with Gasteiger partial charge in [-0.15, -0.1) is 8.58 Å². The number of hydrogen-bond donors (Lipinski definition) is 3. The molecular formula is C13H21N2OP. The minimum atomic E-state index is 0.195. The van der Waals surface area contributed by atoms with Crippen molar-refractivity contribution in [3.05, 3.63) is 29.3 Å². The highest BCUT2D eigenvalue weighted by Gasteiger charge is 2.34. The molecule has 94 valence electrons. The lowest BCUT2D eigenvalue weighted by Crippen LogP contribution is -2.22. The molecule has 0 saturated heterocycles. The average molecular weight is 252 g/mol. The molecule has 0 aromatic heterocycles. The lowest BCUT2D eigenvalue weighted by Gasteiger charge is -2.24. The number of rotatable bonds is 5. The Balaban J connectivity index is 2.26. The fraction of sp³-hybridized carbons (Fsp3) is 0.538. The molecule has 0 radical (unpaired) electrons. The van der Waals surface area contributed by atoms with Crippen LogP contribution in [0.15, 0.2) is 18.2 Å². The second kappa shape index (κ2) is 5.34. The lowest BCUT2D eigenvalue weighted by atomic mass is 9.96. The second-order valence-electron chi connectivity index (χ2n) is 4.68. The van der Waals surface area contributed by atoms with E-state index in [1.165, 1.54) is 16.8 Å². The fourth-order valence-corrected chi connectivity index (χ4v) is 3.23. The zero-order valence-corrected chi connectivity index (χ0v) is 11.5. The Morgan fingerprint density at radius 3 is 3.06 bits per heavy atom. The Hall–Kier alpha value is -0.630.